The van der Waals surface area contributed by atoms with Gasteiger partial charge in [-0.15, -0.1) is 0 Å². The van der Waals surface area contributed by atoms with E-state index >= 15 is 0 Å². The van der Waals surface area contributed by atoms with Gasteiger partial charge in [0, 0.05) is 6.61 Å². The molecule has 0 aromatic heterocycles. The summed E-state index contributed by atoms with van der Waals surface area (Å²) in [4.78, 5) is 9.98. The maximum absolute atomic E-state index is 9.98. The Morgan fingerprint density at radius 2 is 1.62 bits per heavy atom. The minimum absolute atomic E-state index is 0.0551. The zero-order chi connectivity index (χ0) is 10.4. The molecule has 78 valence electrons. The molecule has 0 saturated heterocycles. The third kappa shape index (κ3) is 3.79. The molecule has 13 heavy (non-hydrogen) atoms. The minimum atomic E-state index is -1.74. The molecule has 0 radical (unpaired) electrons. The highest BCUT2D eigenvalue weighted by Crippen LogP contribution is 2.06. The van der Waals surface area contributed by atoms with Crippen LogP contribution in [0.4, 0.5) is 0 Å². The monoisotopic (exact) mass is 194 g/mol. The molecule has 0 aromatic rings. The molecule has 0 amide bonds. The number of hydrogen-bond donors (Lipinski definition) is 5. The fraction of sp³-hybridized carbons (Fsp3) is 0.857. The fourth-order valence-electron chi connectivity index (χ4n) is 0.813. The Labute approximate surface area is 75.1 Å². The normalized spacial score (nSPS) is 20.4. The first-order chi connectivity index (χ1) is 6.04. The first kappa shape index (κ1) is 12.5. The van der Waals surface area contributed by atoms with Crippen LogP contribution in [0.15, 0.2) is 0 Å². The van der Waals surface area contributed by atoms with Crippen LogP contribution >= 0.6 is 0 Å². The zero-order valence-corrected chi connectivity index (χ0v) is 6.95. The molecular formula is C7H14O6. The van der Waals surface area contributed by atoms with Gasteiger partial charge in [-0.2, -0.15) is 0 Å². The topological polar surface area (TPSA) is 118 Å². The van der Waals surface area contributed by atoms with Crippen LogP contribution in [-0.4, -0.2) is 62.8 Å². The van der Waals surface area contributed by atoms with E-state index in [0.29, 0.717) is 0 Å². The van der Waals surface area contributed by atoms with Crippen molar-refractivity contribution in [3.63, 3.8) is 0 Å². The van der Waals surface area contributed by atoms with E-state index in [1.165, 1.54) is 0 Å². The van der Waals surface area contributed by atoms with Gasteiger partial charge in [0.05, 0.1) is 6.10 Å². The van der Waals surface area contributed by atoms with Gasteiger partial charge >= 0.3 is 0 Å². The molecule has 6 nitrogen and oxygen atoms in total. The molecule has 0 heterocycles. The summed E-state index contributed by atoms with van der Waals surface area (Å²) in [6.45, 7) is -0.359. The van der Waals surface area contributed by atoms with Crippen molar-refractivity contribution >= 4 is 6.29 Å². The van der Waals surface area contributed by atoms with Gasteiger partial charge in [-0.05, 0) is 6.42 Å². The number of aliphatic hydroxyl groups excluding tert-OH is 5. The average Bonchev–Trinajstić information content (AvgIpc) is 2.14. The standard InChI is InChI=1S/C7H14O6/c8-2-1-4(10)6(12)7(13)5(11)3-9/h3-8,10-13H,1-2H2/t4-,5-,6+,7-/m1/s1. The van der Waals surface area contributed by atoms with E-state index in [2.05, 4.69) is 0 Å². The largest absolute Gasteiger partial charge is 0.396 e. The van der Waals surface area contributed by atoms with Crippen LogP contribution < -0.4 is 0 Å². The number of hydrogen-bond acceptors (Lipinski definition) is 6. The maximum Gasteiger partial charge on any atom is 0.151 e. The van der Waals surface area contributed by atoms with Gasteiger partial charge in [-0.1, -0.05) is 0 Å². The predicted molar refractivity (Wildman–Crippen MR) is 41.8 cm³/mol. The minimum Gasteiger partial charge on any atom is -0.396 e. The van der Waals surface area contributed by atoms with E-state index < -0.39 is 24.4 Å². The van der Waals surface area contributed by atoms with Gasteiger partial charge in [0.25, 0.3) is 0 Å². The summed E-state index contributed by atoms with van der Waals surface area (Å²) in [7, 11) is 0. The lowest BCUT2D eigenvalue weighted by atomic mass is 10.0. The first-order valence-corrected chi connectivity index (χ1v) is 3.83. The van der Waals surface area contributed by atoms with Crippen LogP contribution in [0.1, 0.15) is 6.42 Å². The van der Waals surface area contributed by atoms with Crippen LogP contribution in [0.2, 0.25) is 0 Å². The number of aliphatic hydroxyl groups is 5. The van der Waals surface area contributed by atoms with Crippen molar-refractivity contribution in [2.75, 3.05) is 6.61 Å². The van der Waals surface area contributed by atoms with Crippen LogP contribution in [0, 0.1) is 0 Å². The highest BCUT2D eigenvalue weighted by molar-refractivity contribution is 5.56. The highest BCUT2D eigenvalue weighted by atomic mass is 16.4. The Hall–Kier alpha value is -0.530. The van der Waals surface area contributed by atoms with Crippen molar-refractivity contribution in [1.82, 2.24) is 0 Å². The van der Waals surface area contributed by atoms with Gasteiger partial charge in [0.15, 0.2) is 6.29 Å². The Kier molecular flexibility index (Phi) is 5.76. The predicted octanol–water partition coefficient (Wildman–Crippen LogP) is -2.99. The molecular weight excluding hydrogens is 180 g/mol. The van der Waals surface area contributed by atoms with E-state index in [1.54, 1.807) is 0 Å². The molecule has 0 unspecified atom stereocenters. The van der Waals surface area contributed by atoms with Gasteiger partial charge in [-0.3, -0.25) is 0 Å². The van der Waals surface area contributed by atoms with Crippen molar-refractivity contribution in [3.05, 3.63) is 0 Å². The van der Waals surface area contributed by atoms with Crippen molar-refractivity contribution < 1.29 is 30.3 Å². The van der Waals surface area contributed by atoms with Gasteiger partial charge in [0.2, 0.25) is 0 Å². The summed E-state index contributed by atoms with van der Waals surface area (Å²) >= 11 is 0. The average molecular weight is 194 g/mol. The lowest BCUT2D eigenvalue weighted by molar-refractivity contribution is -0.134. The quantitative estimate of drug-likeness (QED) is 0.288. The van der Waals surface area contributed by atoms with E-state index in [9.17, 15) is 4.79 Å². The van der Waals surface area contributed by atoms with Gasteiger partial charge < -0.3 is 30.3 Å². The van der Waals surface area contributed by atoms with E-state index in [0.717, 1.165) is 0 Å². The van der Waals surface area contributed by atoms with Crippen molar-refractivity contribution in [2.45, 2.75) is 30.8 Å². The molecule has 0 spiro atoms. The molecule has 0 bridgehead atoms. The van der Waals surface area contributed by atoms with Gasteiger partial charge in [-0.25, -0.2) is 0 Å². The van der Waals surface area contributed by atoms with Crippen LogP contribution in [0.25, 0.3) is 0 Å². The van der Waals surface area contributed by atoms with Crippen LogP contribution in [0.5, 0.6) is 0 Å². The Balaban J connectivity index is 4.06. The van der Waals surface area contributed by atoms with Crippen LogP contribution in [0.3, 0.4) is 0 Å². The number of aldehydes is 1. The maximum atomic E-state index is 9.98. The molecule has 6 heteroatoms. The molecule has 4 atom stereocenters. The second-order valence-electron chi connectivity index (χ2n) is 2.69. The van der Waals surface area contributed by atoms with Gasteiger partial charge in [0.1, 0.15) is 18.3 Å². The fourth-order valence-corrected chi connectivity index (χ4v) is 0.813. The van der Waals surface area contributed by atoms with Crippen molar-refractivity contribution in [1.29, 1.82) is 0 Å². The molecule has 0 aliphatic carbocycles. The smallest absolute Gasteiger partial charge is 0.151 e. The van der Waals surface area contributed by atoms with Crippen LogP contribution in [-0.2, 0) is 4.79 Å². The summed E-state index contributed by atoms with van der Waals surface area (Å²) in [6, 6.07) is 0. The molecule has 0 fully saturated rings. The van der Waals surface area contributed by atoms with E-state index in [4.69, 9.17) is 25.5 Å². The lowest BCUT2D eigenvalue weighted by Gasteiger charge is -2.23. The third-order valence-corrected chi connectivity index (χ3v) is 1.66. The summed E-state index contributed by atoms with van der Waals surface area (Å²) in [6.07, 6.45) is -6.56. The molecule has 0 saturated carbocycles. The van der Waals surface area contributed by atoms with E-state index in [-0.39, 0.29) is 19.3 Å². The Morgan fingerprint density at radius 3 is 2.00 bits per heavy atom. The Morgan fingerprint density at radius 1 is 1.08 bits per heavy atom. The first-order valence-electron chi connectivity index (χ1n) is 3.83. The number of rotatable bonds is 6. The zero-order valence-electron chi connectivity index (χ0n) is 6.95. The summed E-state index contributed by atoms with van der Waals surface area (Å²) in [5.74, 6) is 0. The molecule has 0 aliphatic heterocycles. The summed E-state index contributed by atoms with van der Waals surface area (Å²) in [5.41, 5.74) is 0. The molecule has 0 aliphatic rings. The van der Waals surface area contributed by atoms with E-state index in [1.807, 2.05) is 0 Å². The SMILES string of the molecule is O=C[C@@H](O)[C@@H](O)[C@@H](O)[C@H](O)CCO. The number of carbonyl (C=O) groups is 1. The second-order valence-corrected chi connectivity index (χ2v) is 2.69. The molecule has 0 aromatic carbocycles. The molecule has 0 rings (SSSR count). The molecule has 5 N–H and O–H groups in total. The lowest BCUT2D eigenvalue weighted by Crippen LogP contribution is -2.45. The summed E-state index contributed by atoms with van der Waals surface area (Å²) < 4.78 is 0. The highest BCUT2D eigenvalue weighted by Gasteiger charge is 2.29. The third-order valence-electron chi connectivity index (χ3n) is 1.66. The Bertz CT molecular complexity index is 150. The number of carbonyl (C=O) groups excluding carboxylic acids is 1. The van der Waals surface area contributed by atoms with Crippen molar-refractivity contribution in [2.24, 2.45) is 0 Å². The summed E-state index contributed by atoms with van der Waals surface area (Å²) in [5, 5.41) is 44.3. The second kappa shape index (κ2) is 6.01. The van der Waals surface area contributed by atoms with Crippen molar-refractivity contribution in [3.8, 4) is 0 Å².